The van der Waals surface area contributed by atoms with Crippen molar-refractivity contribution in [1.29, 1.82) is 0 Å². The lowest BCUT2D eigenvalue weighted by Crippen LogP contribution is -2.33. The molecule has 0 saturated carbocycles. The molecule has 0 aromatic heterocycles. The van der Waals surface area contributed by atoms with Gasteiger partial charge in [0.2, 0.25) is 0 Å². The number of anilines is 1. The molecule has 0 spiro atoms. The van der Waals surface area contributed by atoms with Crippen LogP contribution in [0.3, 0.4) is 0 Å². The molecule has 1 aromatic rings. The second-order valence-electron chi connectivity index (χ2n) is 4.58. The lowest BCUT2D eigenvalue weighted by Gasteiger charge is -2.18. The number of rotatable bonds is 6. The van der Waals surface area contributed by atoms with E-state index in [4.69, 9.17) is 5.73 Å². The summed E-state index contributed by atoms with van der Waals surface area (Å²) < 4.78 is 36.2. The molecule has 0 heterocycles. The van der Waals surface area contributed by atoms with Gasteiger partial charge in [-0.25, -0.2) is 0 Å². The molecule has 0 saturated heterocycles. The summed E-state index contributed by atoms with van der Waals surface area (Å²) in [6.45, 7) is -0.355. The van der Waals surface area contributed by atoms with E-state index >= 15 is 0 Å². The van der Waals surface area contributed by atoms with Crippen LogP contribution in [0.25, 0.3) is 0 Å². The van der Waals surface area contributed by atoms with Crippen molar-refractivity contribution in [3.05, 3.63) is 29.8 Å². The van der Waals surface area contributed by atoms with Crippen molar-refractivity contribution in [2.45, 2.75) is 12.6 Å². The van der Waals surface area contributed by atoms with E-state index in [2.05, 4.69) is 5.32 Å². The largest absolute Gasteiger partial charge is 0.401 e. The molecule has 4 nitrogen and oxygen atoms in total. The number of hydrogen-bond donors (Lipinski definition) is 2. The number of hydrogen-bond acceptors (Lipinski definition) is 3. The van der Waals surface area contributed by atoms with Gasteiger partial charge < -0.3 is 11.1 Å². The van der Waals surface area contributed by atoms with Crippen LogP contribution in [0.2, 0.25) is 0 Å². The van der Waals surface area contributed by atoms with E-state index < -0.39 is 12.7 Å². The fourth-order valence-electron chi connectivity index (χ4n) is 1.67. The van der Waals surface area contributed by atoms with E-state index in [1.165, 1.54) is 11.9 Å². The Hall–Kier alpha value is -1.47. The highest BCUT2D eigenvalue weighted by Crippen LogP contribution is 2.15. The molecule has 0 fully saturated rings. The number of nitrogens with two attached hydrogens (primary N) is 1. The minimum Gasteiger partial charge on any atom is -0.399 e. The Bertz CT molecular complexity index is 437. The van der Waals surface area contributed by atoms with E-state index in [0.29, 0.717) is 24.2 Å². The van der Waals surface area contributed by atoms with Gasteiger partial charge in [-0.15, -0.1) is 12.4 Å². The molecule has 1 aromatic carbocycles. The van der Waals surface area contributed by atoms with Crippen LogP contribution in [-0.2, 0) is 0 Å². The summed E-state index contributed by atoms with van der Waals surface area (Å²) in [5, 5.41) is 2.65. The van der Waals surface area contributed by atoms with Crippen molar-refractivity contribution >= 4 is 24.0 Å². The first-order valence-corrected chi connectivity index (χ1v) is 6.17. The zero-order valence-corrected chi connectivity index (χ0v) is 12.4. The number of benzene rings is 1. The van der Waals surface area contributed by atoms with E-state index in [9.17, 15) is 18.0 Å². The third-order valence-electron chi connectivity index (χ3n) is 2.62. The normalized spacial score (nSPS) is 11.1. The molecule has 8 heteroatoms. The molecule has 0 radical (unpaired) electrons. The van der Waals surface area contributed by atoms with Gasteiger partial charge in [-0.05, 0) is 44.3 Å². The minimum absolute atomic E-state index is 0. The van der Waals surface area contributed by atoms with E-state index in [0.717, 1.165) is 0 Å². The van der Waals surface area contributed by atoms with Crippen LogP contribution >= 0.6 is 12.4 Å². The van der Waals surface area contributed by atoms with Crippen molar-refractivity contribution in [2.24, 2.45) is 0 Å². The van der Waals surface area contributed by atoms with Gasteiger partial charge in [0.25, 0.3) is 5.91 Å². The fourth-order valence-corrected chi connectivity index (χ4v) is 1.67. The van der Waals surface area contributed by atoms with Crippen LogP contribution in [0.4, 0.5) is 18.9 Å². The van der Waals surface area contributed by atoms with Gasteiger partial charge in [0.1, 0.15) is 0 Å². The number of alkyl halides is 3. The molecule has 0 bridgehead atoms. The van der Waals surface area contributed by atoms with Gasteiger partial charge in [-0.1, -0.05) is 0 Å². The molecule has 120 valence electrons. The molecule has 1 amide bonds. The maximum atomic E-state index is 12.1. The molecule has 0 aliphatic heterocycles. The zero-order chi connectivity index (χ0) is 15.2. The predicted molar refractivity (Wildman–Crippen MR) is 78.6 cm³/mol. The monoisotopic (exact) mass is 325 g/mol. The average Bonchev–Trinajstić information content (AvgIpc) is 2.33. The molecule has 0 aliphatic rings. The van der Waals surface area contributed by atoms with Gasteiger partial charge >= 0.3 is 6.18 Å². The first-order chi connectivity index (χ1) is 9.28. The van der Waals surface area contributed by atoms with Crippen LogP contribution < -0.4 is 11.1 Å². The molecule has 21 heavy (non-hydrogen) atoms. The summed E-state index contributed by atoms with van der Waals surface area (Å²) in [6.07, 6.45) is -3.74. The first-order valence-electron chi connectivity index (χ1n) is 6.17. The van der Waals surface area contributed by atoms with Crippen molar-refractivity contribution < 1.29 is 18.0 Å². The molecule has 3 N–H and O–H groups in total. The standard InChI is InChI=1S/C13H18F3N3O.ClH/c1-19(9-13(14,15)16)8-2-7-18-12(20)10-3-5-11(17)6-4-10;/h3-6H,2,7-9,17H2,1H3,(H,18,20);1H. The Morgan fingerprint density at radius 1 is 1.29 bits per heavy atom. The van der Waals surface area contributed by atoms with Gasteiger partial charge in [0, 0.05) is 17.8 Å². The first kappa shape index (κ1) is 19.5. The van der Waals surface area contributed by atoms with Crippen LogP contribution in [0.15, 0.2) is 24.3 Å². The molecule has 0 aliphatic carbocycles. The van der Waals surface area contributed by atoms with Gasteiger partial charge in [0.15, 0.2) is 0 Å². The van der Waals surface area contributed by atoms with Crippen molar-refractivity contribution in [3.8, 4) is 0 Å². The van der Waals surface area contributed by atoms with Crippen molar-refractivity contribution in [1.82, 2.24) is 10.2 Å². The second kappa shape index (κ2) is 8.74. The quantitative estimate of drug-likeness (QED) is 0.623. The highest BCUT2D eigenvalue weighted by atomic mass is 35.5. The number of carbonyl (C=O) groups is 1. The molecule has 1 rings (SSSR count). The Kier molecular flexibility index (Phi) is 8.12. The molecular weight excluding hydrogens is 307 g/mol. The lowest BCUT2D eigenvalue weighted by molar-refractivity contribution is -0.143. The van der Waals surface area contributed by atoms with Crippen molar-refractivity contribution in [3.63, 3.8) is 0 Å². The number of halogens is 4. The van der Waals surface area contributed by atoms with Crippen LogP contribution in [0, 0.1) is 0 Å². The number of amides is 1. The van der Waals surface area contributed by atoms with E-state index in [1.54, 1.807) is 24.3 Å². The number of nitrogen functional groups attached to an aromatic ring is 1. The Morgan fingerprint density at radius 2 is 1.86 bits per heavy atom. The molecule has 0 atom stereocenters. The fraction of sp³-hybridized carbons (Fsp3) is 0.462. The average molecular weight is 326 g/mol. The van der Waals surface area contributed by atoms with E-state index in [1.807, 2.05) is 0 Å². The SMILES string of the molecule is CN(CCCNC(=O)c1ccc(N)cc1)CC(F)(F)F.Cl. The molecule has 0 unspecified atom stereocenters. The summed E-state index contributed by atoms with van der Waals surface area (Å²) in [5.74, 6) is -0.261. The Balaban J connectivity index is 0.00000400. The summed E-state index contributed by atoms with van der Waals surface area (Å²) in [7, 11) is 1.40. The zero-order valence-electron chi connectivity index (χ0n) is 11.6. The predicted octanol–water partition coefficient (Wildman–Crippen LogP) is 2.30. The number of nitrogens with one attached hydrogen (secondary N) is 1. The minimum atomic E-state index is -4.19. The summed E-state index contributed by atoms with van der Waals surface area (Å²) in [5.41, 5.74) is 6.54. The van der Waals surface area contributed by atoms with Crippen LogP contribution in [0.1, 0.15) is 16.8 Å². The smallest absolute Gasteiger partial charge is 0.399 e. The van der Waals surface area contributed by atoms with Gasteiger partial charge in [0.05, 0.1) is 6.54 Å². The second-order valence-corrected chi connectivity index (χ2v) is 4.58. The highest BCUT2D eigenvalue weighted by Gasteiger charge is 2.28. The van der Waals surface area contributed by atoms with E-state index in [-0.39, 0.29) is 24.9 Å². The van der Waals surface area contributed by atoms with Crippen molar-refractivity contribution in [2.75, 3.05) is 32.4 Å². The topological polar surface area (TPSA) is 58.4 Å². The number of carbonyl (C=O) groups excluding carboxylic acids is 1. The number of nitrogens with zero attached hydrogens (tertiary/aromatic N) is 1. The van der Waals surface area contributed by atoms with Crippen LogP contribution in [-0.4, -0.2) is 43.7 Å². The third kappa shape index (κ3) is 8.41. The molecular formula is C13H19ClF3N3O. The maximum absolute atomic E-state index is 12.1. The maximum Gasteiger partial charge on any atom is 0.401 e. The Labute approximate surface area is 127 Å². The van der Waals surface area contributed by atoms with Gasteiger partial charge in [-0.3, -0.25) is 9.69 Å². The van der Waals surface area contributed by atoms with Gasteiger partial charge in [-0.2, -0.15) is 13.2 Å². The Morgan fingerprint density at radius 3 is 2.38 bits per heavy atom. The summed E-state index contributed by atoms with van der Waals surface area (Å²) in [4.78, 5) is 12.9. The summed E-state index contributed by atoms with van der Waals surface area (Å²) in [6, 6.07) is 6.43. The highest BCUT2D eigenvalue weighted by molar-refractivity contribution is 5.94. The summed E-state index contributed by atoms with van der Waals surface area (Å²) >= 11 is 0. The third-order valence-corrected chi connectivity index (χ3v) is 2.62. The lowest BCUT2D eigenvalue weighted by atomic mass is 10.2. The van der Waals surface area contributed by atoms with Crippen LogP contribution in [0.5, 0.6) is 0 Å².